The highest BCUT2D eigenvalue weighted by Gasteiger charge is 2.37. The van der Waals surface area contributed by atoms with Crippen molar-refractivity contribution in [2.75, 3.05) is 11.9 Å². The zero-order chi connectivity index (χ0) is 25.2. The summed E-state index contributed by atoms with van der Waals surface area (Å²) in [5.74, 6) is -0.474. The van der Waals surface area contributed by atoms with E-state index in [9.17, 15) is 14.0 Å². The first-order valence-electron chi connectivity index (χ1n) is 11.0. The molecule has 1 aromatic carbocycles. The zero-order valence-corrected chi connectivity index (χ0v) is 21.0. The van der Waals surface area contributed by atoms with E-state index in [0.29, 0.717) is 40.7 Å². The van der Waals surface area contributed by atoms with Gasteiger partial charge >= 0.3 is 6.09 Å². The summed E-state index contributed by atoms with van der Waals surface area (Å²) >= 11 is 7.00. The molecule has 0 spiro atoms. The molecule has 2 aromatic heterocycles. The Balaban J connectivity index is 1.57. The Labute approximate surface area is 211 Å². The summed E-state index contributed by atoms with van der Waals surface area (Å²) in [5.41, 5.74) is 0.350. The summed E-state index contributed by atoms with van der Waals surface area (Å²) in [6, 6.07) is 8.33. The monoisotopic (exact) mass is 518 g/mol. The Morgan fingerprint density at radius 3 is 2.60 bits per heavy atom. The summed E-state index contributed by atoms with van der Waals surface area (Å²) < 4.78 is 24.8. The van der Waals surface area contributed by atoms with Crippen LogP contribution in [0.15, 0.2) is 42.6 Å². The Morgan fingerprint density at radius 2 is 1.94 bits per heavy atom. The van der Waals surface area contributed by atoms with E-state index in [1.807, 2.05) is 0 Å². The van der Waals surface area contributed by atoms with Gasteiger partial charge in [0.05, 0.1) is 5.02 Å². The first kappa shape index (κ1) is 24.9. The minimum absolute atomic E-state index is 0.273. The van der Waals surface area contributed by atoms with Gasteiger partial charge in [-0.05, 0) is 63.9 Å². The van der Waals surface area contributed by atoms with Gasteiger partial charge in [0.15, 0.2) is 5.13 Å². The van der Waals surface area contributed by atoms with Gasteiger partial charge in [0, 0.05) is 24.4 Å². The van der Waals surface area contributed by atoms with E-state index in [2.05, 4.69) is 15.3 Å². The maximum atomic E-state index is 13.5. The highest BCUT2D eigenvalue weighted by molar-refractivity contribution is 7.18. The molecule has 0 bridgehead atoms. The fraction of sp³-hybridized carbons (Fsp3) is 0.333. The maximum absolute atomic E-state index is 13.5. The van der Waals surface area contributed by atoms with Crippen LogP contribution in [0.3, 0.4) is 0 Å². The van der Waals surface area contributed by atoms with Crippen LogP contribution in [0, 0.1) is 5.82 Å². The second-order valence-electron chi connectivity index (χ2n) is 8.90. The lowest BCUT2D eigenvalue weighted by atomic mass is 10.2. The lowest BCUT2D eigenvalue weighted by Gasteiger charge is -2.27. The van der Waals surface area contributed by atoms with Crippen LogP contribution in [0.1, 0.15) is 33.6 Å². The van der Waals surface area contributed by atoms with Crippen molar-refractivity contribution in [1.29, 1.82) is 0 Å². The van der Waals surface area contributed by atoms with Crippen LogP contribution < -0.4 is 10.1 Å². The van der Waals surface area contributed by atoms with Gasteiger partial charge in [-0.1, -0.05) is 22.9 Å². The SMILES string of the molecule is CC(C)(C)OC(=O)N1CCC[C@H]1C(=O)Nc1nc(-c2ccc(F)cc2)c(Oc2ccc(Cl)cn2)s1. The summed E-state index contributed by atoms with van der Waals surface area (Å²) in [4.78, 5) is 35.7. The Bertz CT molecular complexity index is 1210. The van der Waals surface area contributed by atoms with Crippen molar-refractivity contribution in [2.24, 2.45) is 0 Å². The van der Waals surface area contributed by atoms with Gasteiger partial charge < -0.3 is 14.8 Å². The highest BCUT2D eigenvalue weighted by Crippen LogP contribution is 2.40. The minimum atomic E-state index is -0.676. The highest BCUT2D eigenvalue weighted by atomic mass is 35.5. The number of hydrogen-bond acceptors (Lipinski definition) is 7. The van der Waals surface area contributed by atoms with Crippen LogP contribution in [0.4, 0.5) is 14.3 Å². The number of carbonyl (C=O) groups is 2. The summed E-state index contributed by atoms with van der Waals surface area (Å²) in [7, 11) is 0. The number of nitrogens with zero attached hydrogens (tertiary/aromatic N) is 3. The van der Waals surface area contributed by atoms with E-state index in [4.69, 9.17) is 21.1 Å². The number of pyridine rings is 1. The zero-order valence-electron chi connectivity index (χ0n) is 19.4. The molecule has 3 heterocycles. The second-order valence-corrected chi connectivity index (χ2v) is 10.3. The third-order valence-corrected chi connectivity index (χ3v) is 6.10. The van der Waals surface area contributed by atoms with E-state index in [1.165, 1.54) is 23.2 Å². The smallest absolute Gasteiger partial charge is 0.410 e. The summed E-state index contributed by atoms with van der Waals surface area (Å²) in [6.45, 7) is 5.77. The van der Waals surface area contributed by atoms with Crippen molar-refractivity contribution in [3.05, 3.63) is 53.4 Å². The molecule has 1 atom stereocenters. The normalized spacial score (nSPS) is 15.7. The van der Waals surface area contributed by atoms with Crippen LogP contribution >= 0.6 is 22.9 Å². The van der Waals surface area contributed by atoms with Crippen molar-refractivity contribution in [3.8, 4) is 22.2 Å². The average molecular weight is 519 g/mol. The number of carbonyl (C=O) groups excluding carboxylic acids is 2. The second kappa shape index (κ2) is 10.2. The Morgan fingerprint density at radius 1 is 1.20 bits per heavy atom. The first-order valence-corrected chi connectivity index (χ1v) is 12.2. The minimum Gasteiger partial charge on any atom is -0.444 e. The number of aromatic nitrogens is 2. The largest absolute Gasteiger partial charge is 0.444 e. The van der Waals surface area contributed by atoms with Gasteiger partial charge in [0.1, 0.15) is 23.2 Å². The number of thiazole rings is 1. The van der Waals surface area contributed by atoms with Crippen molar-refractivity contribution in [1.82, 2.24) is 14.9 Å². The van der Waals surface area contributed by atoms with Gasteiger partial charge in [-0.3, -0.25) is 9.69 Å². The number of likely N-dealkylation sites (tertiary alicyclic amines) is 1. The van der Waals surface area contributed by atoms with E-state index >= 15 is 0 Å². The number of rotatable bonds is 5. The summed E-state index contributed by atoms with van der Waals surface area (Å²) in [5, 5.41) is 3.88. The van der Waals surface area contributed by atoms with Gasteiger partial charge in [0.25, 0.3) is 0 Å². The predicted octanol–water partition coefficient (Wildman–Crippen LogP) is 6.13. The van der Waals surface area contributed by atoms with Gasteiger partial charge in [-0.2, -0.15) is 0 Å². The Kier molecular flexibility index (Phi) is 7.23. The molecular formula is C24H24ClFN4O4S. The number of benzene rings is 1. The molecule has 3 aromatic rings. The number of ether oxygens (including phenoxy) is 2. The lowest BCUT2D eigenvalue weighted by Crippen LogP contribution is -2.45. The van der Waals surface area contributed by atoms with E-state index in [-0.39, 0.29) is 22.7 Å². The van der Waals surface area contributed by atoms with Crippen molar-refractivity contribution < 1.29 is 23.5 Å². The van der Waals surface area contributed by atoms with E-state index in [0.717, 1.165) is 11.3 Å². The predicted molar refractivity (Wildman–Crippen MR) is 131 cm³/mol. The molecule has 8 nitrogen and oxygen atoms in total. The van der Waals surface area contributed by atoms with Gasteiger partial charge in [-0.25, -0.2) is 19.2 Å². The molecule has 1 aliphatic heterocycles. The number of anilines is 1. The standard InChI is InChI=1S/C24H24ClFN4O4S/c1-24(2,3)34-23(32)30-12-4-5-17(30)20(31)29-22-28-19(14-6-9-16(26)10-7-14)21(35-22)33-18-11-8-15(25)13-27-18/h6-11,13,17H,4-5,12H2,1-3H3,(H,28,29,31)/t17-/m0/s1. The molecule has 1 fully saturated rings. The van der Waals surface area contributed by atoms with Crippen LogP contribution in [0.2, 0.25) is 5.02 Å². The van der Waals surface area contributed by atoms with Crippen LogP contribution in [-0.2, 0) is 9.53 Å². The molecule has 0 unspecified atom stereocenters. The van der Waals surface area contributed by atoms with Crippen molar-refractivity contribution in [3.63, 3.8) is 0 Å². The van der Waals surface area contributed by atoms with Crippen LogP contribution in [0.5, 0.6) is 10.9 Å². The molecule has 0 aliphatic carbocycles. The summed E-state index contributed by atoms with van der Waals surface area (Å²) in [6.07, 6.45) is 2.12. The maximum Gasteiger partial charge on any atom is 0.410 e. The molecule has 0 radical (unpaired) electrons. The quantitative estimate of drug-likeness (QED) is 0.437. The molecule has 1 saturated heterocycles. The number of nitrogens with one attached hydrogen (secondary N) is 1. The van der Waals surface area contributed by atoms with Crippen molar-refractivity contribution in [2.45, 2.75) is 45.3 Å². The number of halogens is 2. The van der Waals surface area contributed by atoms with Gasteiger partial charge in [0.2, 0.25) is 16.9 Å². The molecule has 1 N–H and O–H groups in total. The van der Waals surface area contributed by atoms with Gasteiger partial charge in [-0.15, -0.1) is 0 Å². The third-order valence-electron chi connectivity index (χ3n) is 5.02. The molecule has 2 amide bonds. The average Bonchev–Trinajstić information content (AvgIpc) is 3.42. The third kappa shape index (κ3) is 6.26. The van der Waals surface area contributed by atoms with E-state index in [1.54, 1.807) is 45.0 Å². The number of amides is 2. The first-order chi connectivity index (χ1) is 16.6. The van der Waals surface area contributed by atoms with Crippen molar-refractivity contribution >= 4 is 40.1 Å². The molecule has 184 valence electrons. The lowest BCUT2D eigenvalue weighted by molar-refractivity contribution is -0.120. The number of hydrogen-bond donors (Lipinski definition) is 1. The molecule has 1 aliphatic rings. The fourth-order valence-corrected chi connectivity index (χ4v) is 4.47. The topological polar surface area (TPSA) is 93.7 Å². The molecule has 11 heteroatoms. The van der Waals surface area contributed by atoms with Crippen LogP contribution in [-0.4, -0.2) is 45.1 Å². The molecule has 0 saturated carbocycles. The fourth-order valence-electron chi connectivity index (χ4n) is 3.50. The van der Waals surface area contributed by atoms with Crippen LogP contribution in [0.25, 0.3) is 11.3 Å². The van der Waals surface area contributed by atoms with E-state index < -0.39 is 17.7 Å². The molecule has 4 rings (SSSR count). The molecular weight excluding hydrogens is 495 g/mol. The Hall–Kier alpha value is -3.24. The molecule has 35 heavy (non-hydrogen) atoms.